The predicted molar refractivity (Wildman–Crippen MR) is 79.4 cm³/mol. The van der Waals surface area contributed by atoms with Gasteiger partial charge < -0.3 is 4.42 Å². The smallest absolute Gasteiger partial charge is 0.416 e. The molecule has 0 aliphatic carbocycles. The molecule has 112 valence electrons. The Bertz CT molecular complexity index is 852. The quantitative estimate of drug-likeness (QED) is 0.607. The molecule has 0 saturated carbocycles. The average Bonchev–Trinajstić information content (AvgIpc) is 2.86. The molecule has 0 N–H and O–H groups in total. The fraction of sp³-hybridized carbons (Fsp3) is 0.0625. The lowest BCUT2D eigenvalue weighted by Crippen LogP contribution is -2.06. The second kappa shape index (κ2) is 5.50. The van der Waals surface area contributed by atoms with Crippen LogP contribution in [0, 0.1) is 0 Å². The van der Waals surface area contributed by atoms with Crippen LogP contribution in [-0.4, -0.2) is 4.98 Å². The van der Waals surface area contributed by atoms with Crippen LogP contribution in [0.1, 0.15) is 17.0 Å². The normalized spacial score (nSPS) is 12.4. The summed E-state index contributed by atoms with van der Waals surface area (Å²) in [6.45, 7) is 0. The molecule has 0 bridgehead atoms. The molecule has 3 aromatic rings. The second-order valence-electron chi connectivity index (χ2n) is 4.58. The Kier molecular flexibility index (Phi) is 3.66. The van der Waals surface area contributed by atoms with Crippen molar-refractivity contribution < 1.29 is 17.6 Å². The Morgan fingerprint density at radius 2 is 1.82 bits per heavy atom. The highest BCUT2D eigenvalue weighted by Crippen LogP contribution is 2.32. The second-order valence-corrected chi connectivity index (χ2v) is 5.02. The maximum atomic E-state index is 12.9. The maximum Gasteiger partial charge on any atom is 0.416 e. The highest BCUT2D eigenvalue weighted by Gasteiger charge is 2.32. The van der Waals surface area contributed by atoms with Crippen LogP contribution >= 0.6 is 11.6 Å². The predicted octanol–water partition coefficient (Wildman–Crippen LogP) is 5.67. The van der Waals surface area contributed by atoms with E-state index < -0.39 is 11.7 Å². The number of alkyl halides is 3. The Morgan fingerprint density at radius 3 is 2.59 bits per heavy atom. The Hall–Kier alpha value is -2.27. The van der Waals surface area contributed by atoms with Crippen molar-refractivity contribution >= 4 is 34.9 Å². The van der Waals surface area contributed by atoms with Gasteiger partial charge in [0.15, 0.2) is 5.58 Å². The summed E-state index contributed by atoms with van der Waals surface area (Å²) in [7, 11) is 0. The maximum absolute atomic E-state index is 12.9. The number of halogens is 4. The van der Waals surface area contributed by atoms with Gasteiger partial charge in [0.1, 0.15) is 5.52 Å². The van der Waals surface area contributed by atoms with Crippen LogP contribution in [0.25, 0.3) is 23.3 Å². The largest absolute Gasteiger partial charge is 0.437 e. The molecule has 3 rings (SSSR count). The molecule has 0 fully saturated rings. The molecule has 0 amide bonds. The Labute approximate surface area is 128 Å². The molecule has 2 aromatic carbocycles. The molecule has 6 heteroatoms. The van der Waals surface area contributed by atoms with E-state index in [2.05, 4.69) is 4.98 Å². The Balaban J connectivity index is 1.96. The van der Waals surface area contributed by atoms with E-state index in [-0.39, 0.29) is 11.5 Å². The first kappa shape index (κ1) is 14.7. The molecule has 22 heavy (non-hydrogen) atoms. The summed E-state index contributed by atoms with van der Waals surface area (Å²) in [4.78, 5) is 4.16. The third-order valence-electron chi connectivity index (χ3n) is 3.04. The minimum atomic E-state index is -4.41. The van der Waals surface area contributed by atoms with E-state index in [1.807, 2.05) is 0 Å². The summed E-state index contributed by atoms with van der Waals surface area (Å²) in [6, 6.07) is 10.3. The van der Waals surface area contributed by atoms with E-state index in [1.165, 1.54) is 24.3 Å². The topological polar surface area (TPSA) is 26.0 Å². The van der Waals surface area contributed by atoms with Crippen molar-refractivity contribution in [2.45, 2.75) is 6.18 Å². The van der Waals surface area contributed by atoms with Crippen LogP contribution in [0.5, 0.6) is 0 Å². The number of nitrogens with zero attached hydrogens (tertiary/aromatic N) is 1. The van der Waals surface area contributed by atoms with Gasteiger partial charge in [-0.1, -0.05) is 29.8 Å². The zero-order chi connectivity index (χ0) is 15.7. The number of oxazole rings is 1. The van der Waals surface area contributed by atoms with Gasteiger partial charge in [-0.3, -0.25) is 0 Å². The van der Waals surface area contributed by atoms with Gasteiger partial charge in [0.05, 0.1) is 5.56 Å². The molecule has 1 heterocycles. The summed E-state index contributed by atoms with van der Waals surface area (Å²) in [5.41, 5.74) is 0.421. The van der Waals surface area contributed by atoms with Gasteiger partial charge in [0, 0.05) is 11.1 Å². The monoisotopic (exact) mass is 323 g/mol. The van der Waals surface area contributed by atoms with Crippen molar-refractivity contribution in [2.24, 2.45) is 0 Å². The molecule has 0 saturated heterocycles. The van der Waals surface area contributed by atoms with Gasteiger partial charge in [-0.2, -0.15) is 13.2 Å². The van der Waals surface area contributed by atoms with Crippen molar-refractivity contribution in [3.05, 3.63) is 64.5 Å². The molecular formula is C16H9ClF3NO. The summed E-state index contributed by atoms with van der Waals surface area (Å²) in [6.07, 6.45) is -1.68. The van der Waals surface area contributed by atoms with E-state index in [4.69, 9.17) is 16.0 Å². The minimum absolute atomic E-state index is 0.0512. The molecule has 2 nitrogen and oxygen atoms in total. The molecular weight excluding hydrogens is 315 g/mol. The zero-order valence-electron chi connectivity index (χ0n) is 11.1. The van der Waals surface area contributed by atoms with Gasteiger partial charge >= 0.3 is 6.18 Å². The first-order valence-corrected chi connectivity index (χ1v) is 6.72. The van der Waals surface area contributed by atoms with Crippen LogP contribution in [0.3, 0.4) is 0 Å². The lowest BCUT2D eigenvalue weighted by atomic mass is 10.1. The van der Waals surface area contributed by atoms with Crippen molar-refractivity contribution in [1.29, 1.82) is 0 Å². The van der Waals surface area contributed by atoms with E-state index >= 15 is 0 Å². The third-order valence-corrected chi connectivity index (χ3v) is 3.27. The summed E-state index contributed by atoms with van der Waals surface area (Å²) in [5.74, 6) is 0.217. The van der Waals surface area contributed by atoms with E-state index in [1.54, 1.807) is 24.3 Å². The average molecular weight is 324 g/mol. The van der Waals surface area contributed by atoms with Crippen LogP contribution in [0.15, 0.2) is 46.9 Å². The van der Waals surface area contributed by atoms with Crippen LogP contribution in [0.2, 0.25) is 5.02 Å². The van der Waals surface area contributed by atoms with Crippen molar-refractivity contribution in [1.82, 2.24) is 4.98 Å². The molecule has 0 aliphatic rings. The van der Waals surface area contributed by atoms with Crippen LogP contribution in [0.4, 0.5) is 13.2 Å². The number of hydrogen-bond donors (Lipinski definition) is 0. The van der Waals surface area contributed by atoms with E-state index in [0.717, 1.165) is 6.07 Å². The standard InChI is InChI=1S/C16H9ClF3NO/c17-11-6-7-14-13(9-11)21-15(22-14)8-5-10-3-1-2-4-12(10)16(18,19)20/h1-9H/b8-5+. The molecule has 0 aliphatic heterocycles. The van der Waals surface area contributed by atoms with Gasteiger partial charge in [0.2, 0.25) is 5.89 Å². The lowest BCUT2D eigenvalue weighted by Gasteiger charge is -2.09. The SMILES string of the molecule is FC(F)(F)c1ccccc1/C=C/c1nc2cc(Cl)ccc2o1. The molecule has 1 aromatic heterocycles. The summed E-state index contributed by atoms with van der Waals surface area (Å²) < 4.78 is 44.1. The minimum Gasteiger partial charge on any atom is -0.437 e. The lowest BCUT2D eigenvalue weighted by molar-refractivity contribution is -0.137. The zero-order valence-corrected chi connectivity index (χ0v) is 11.8. The summed E-state index contributed by atoms with van der Waals surface area (Å²) in [5, 5.41) is 0.513. The molecule has 0 spiro atoms. The molecule has 0 atom stereocenters. The van der Waals surface area contributed by atoms with Gasteiger partial charge in [0.25, 0.3) is 0 Å². The van der Waals surface area contributed by atoms with Crippen molar-refractivity contribution in [3.63, 3.8) is 0 Å². The van der Waals surface area contributed by atoms with Gasteiger partial charge in [-0.05, 0) is 35.9 Å². The highest BCUT2D eigenvalue weighted by molar-refractivity contribution is 6.31. The molecule has 0 unspecified atom stereocenters. The third kappa shape index (κ3) is 2.99. The summed E-state index contributed by atoms with van der Waals surface area (Å²) >= 11 is 5.85. The van der Waals surface area contributed by atoms with E-state index in [0.29, 0.717) is 16.1 Å². The number of rotatable bonds is 2. The van der Waals surface area contributed by atoms with Gasteiger partial charge in [-0.15, -0.1) is 0 Å². The van der Waals surface area contributed by atoms with E-state index in [9.17, 15) is 13.2 Å². The number of fused-ring (bicyclic) bond motifs is 1. The molecule has 0 radical (unpaired) electrons. The fourth-order valence-electron chi connectivity index (χ4n) is 2.05. The highest BCUT2D eigenvalue weighted by atomic mass is 35.5. The fourth-order valence-corrected chi connectivity index (χ4v) is 2.22. The number of benzene rings is 2. The van der Waals surface area contributed by atoms with Crippen LogP contribution < -0.4 is 0 Å². The van der Waals surface area contributed by atoms with Crippen molar-refractivity contribution in [3.8, 4) is 0 Å². The first-order valence-electron chi connectivity index (χ1n) is 6.34. The number of aromatic nitrogens is 1. The first-order chi connectivity index (χ1) is 10.4. The number of hydrogen-bond acceptors (Lipinski definition) is 2. The van der Waals surface area contributed by atoms with Crippen LogP contribution in [-0.2, 0) is 6.18 Å². The Morgan fingerprint density at radius 1 is 1.05 bits per heavy atom. The van der Waals surface area contributed by atoms with Crippen molar-refractivity contribution in [2.75, 3.05) is 0 Å². The van der Waals surface area contributed by atoms with Gasteiger partial charge in [-0.25, -0.2) is 4.98 Å².